The van der Waals surface area contributed by atoms with E-state index >= 15 is 0 Å². The number of rotatable bonds is 16. The number of carbonyl (C=O) groups excluding carboxylic acids is 3. The quantitative estimate of drug-likeness (QED) is 0.240. The van der Waals surface area contributed by atoms with Crippen LogP contribution in [-0.4, -0.2) is 87.1 Å². The predicted molar refractivity (Wildman–Crippen MR) is 188 cm³/mol. The summed E-state index contributed by atoms with van der Waals surface area (Å²) in [5, 5.41) is 10.7. The van der Waals surface area contributed by atoms with Crippen molar-refractivity contribution in [3.8, 4) is 5.75 Å². The molecule has 3 amide bonds. The third kappa shape index (κ3) is 6.49. The van der Waals surface area contributed by atoms with E-state index in [1.807, 2.05) is 73.3 Å². The van der Waals surface area contributed by atoms with Gasteiger partial charge in [0.2, 0.25) is 17.7 Å². The van der Waals surface area contributed by atoms with E-state index in [9.17, 15) is 19.5 Å². The second kappa shape index (κ2) is 15.1. The van der Waals surface area contributed by atoms with Gasteiger partial charge in [-0.3, -0.25) is 14.4 Å². The maximum absolute atomic E-state index is 14.9. The fourth-order valence-electron chi connectivity index (χ4n) is 8.06. The first-order valence-corrected chi connectivity index (χ1v) is 17.8. The smallest absolute Gasteiger partial charge is 0.247 e. The summed E-state index contributed by atoms with van der Waals surface area (Å²) in [4.78, 5) is 49.7. The zero-order valence-corrected chi connectivity index (χ0v) is 28.7. The molecule has 0 aliphatic carbocycles. The molecular weight excluding hydrogens is 611 g/mol. The maximum atomic E-state index is 14.9. The van der Waals surface area contributed by atoms with Crippen LogP contribution in [0.15, 0.2) is 79.9 Å². The zero-order valence-electron chi connectivity index (χ0n) is 27.9. The molecule has 3 unspecified atom stereocenters. The molecule has 2 aromatic carbocycles. The molecule has 7 atom stereocenters. The Bertz CT molecular complexity index is 1430. The van der Waals surface area contributed by atoms with Crippen LogP contribution in [0.25, 0.3) is 0 Å². The number of amides is 3. The van der Waals surface area contributed by atoms with Gasteiger partial charge in [0.05, 0.1) is 35.8 Å². The van der Waals surface area contributed by atoms with Crippen molar-refractivity contribution in [1.82, 2.24) is 9.80 Å². The Morgan fingerprint density at radius 3 is 2.40 bits per heavy atom. The number of fused-ring (bicyclic) bond motifs is 1. The molecule has 3 aliphatic heterocycles. The van der Waals surface area contributed by atoms with Crippen LogP contribution in [0.1, 0.15) is 52.0 Å². The number of hydrogen-bond acceptors (Lipinski definition) is 6. The van der Waals surface area contributed by atoms with Crippen LogP contribution in [0.4, 0.5) is 5.69 Å². The molecule has 5 rings (SSSR count). The van der Waals surface area contributed by atoms with Gasteiger partial charge in [0, 0.05) is 30.1 Å². The minimum absolute atomic E-state index is 0.0524. The summed E-state index contributed by atoms with van der Waals surface area (Å²) in [7, 11) is 0. The number of benzene rings is 2. The molecule has 47 heavy (non-hydrogen) atoms. The summed E-state index contributed by atoms with van der Waals surface area (Å²) in [5.41, 5.74) is 1.68. The lowest BCUT2D eigenvalue weighted by Gasteiger charge is -2.41. The Kier molecular flexibility index (Phi) is 11.2. The van der Waals surface area contributed by atoms with Crippen LogP contribution < -0.4 is 9.64 Å². The van der Waals surface area contributed by atoms with Gasteiger partial charge in [-0.2, -0.15) is 0 Å². The number of nitrogens with zero attached hydrogens (tertiary/aromatic N) is 3. The fraction of sp³-hybridized carbons (Fsp3) is 0.500. The third-order valence-electron chi connectivity index (χ3n) is 10.1. The highest BCUT2D eigenvalue weighted by Gasteiger charge is 2.74. The molecule has 252 valence electrons. The first-order chi connectivity index (χ1) is 22.8. The lowest BCUT2D eigenvalue weighted by Crippen LogP contribution is -2.59. The van der Waals surface area contributed by atoms with Crippen molar-refractivity contribution in [1.29, 1.82) is 0 Å². The number of anilines is 1. The Balaban J connectivity index is 1.57. The molecule has 3 heterocycles. The molecule has 1 N–H and O–H groups in total. The maximum Gasteiger partial charge on any atom is 0.247 e. The van der Waals surface area contributed by atoms with E-state index in [0.29, 0.717) is 31.7 Å². The molecule has 3 fully saturated rings. The average Bonchev–Trinajstić information content (AvgIpc) is 3.73. The summed E-state index contributed by atoms with van der Waals surface area (Å²) in [5.74, 6) is -1.04. The largest absolute Gasteiger partial charge is 0.494 e. The van der Waals surface area contributed by atoms with E-state index in [1.165, 1.54) is 0 Å². The van der Waals surface area contributed by atoms with Gasteiger partial charge in [-0.1, -0.05) is 55.8 Å². The topological polar surface area (TPSA) is 90.4 Å². The first-order valence-electron chi connectivity index (χ1n) is 17.0. The molecule has 0 saturated carbocycles. The van der Waals surface area contributed by atoms with Gasteiger partial charge >= 0.3 is 0 Å². The van der Waals surface area contributed by atoms with E-state index in [1.54, 1.807) is 33.7 Å². The summed E-state index contributed by atoms with van der Waals surface area (Å²) >= 11 is 1.65. The Labute approximate surface area is 283 Å². The van der Waals surface area contributed by atoms with Crippen LogP contribution in [0.3, 0.4) is 0 Å². The van der Waals surface area contributed by atoms with Crippen molar-refractivity contribution >= 4 is 35.2 Å². The molecule has 0 radical (unpaired) electrons. The minimum atomic E-state index is -0.800. The van der Waals surface area contributed by atoms with Crippen molar-refractivity contribution in [2.75, 3.05) is 31.2 Å². The number of thioether (sulfide) groups is 1. The van der Waals surface area contributed by atoms with Crippen LogP contribution in [0.5, 0.6) is 5.75 Å². The van der Waals surface area contributed by atoms with Crippen LogP contribution in [0, 0.1) is 11.8 Å². The third-order valence-corrected chi connectivity index (χ3v) is 12.0. The molecule has 8 nitrogen and oxygen atoms in total. The summed E-state index contributed by atoms with van der Waals surface area (Å²) < 4.78 is 4.85. The normalized spacial score (nSPS) is 25.6. The van der Waals surface area contributed by atoms with E-state index in [2.05, 4.69) is 20.1 Å². The number of aliphatic hydroxyl groups excluding tert-OH is 1. The highest BCUT2D eigenvalue weighted by Crippen LogP contribution is 2.67. The van der Waals surface area contributed by atoms with Gasteiger partial charge in [-0.15, -0.1) is 24.9 Å². The van der Waals surface area contributed by atoms with Crippen molar-refractivity contribution in [3.05, 3.63) is 85.5 Å². The Morgan fingerprint density at radius 2 is 1.79 bits per heavy atom. The molecule has 3 aliphatic rings. The van der Waals surface area contributed by atoms with E-state index < -0.39 is 28.7 Å². The SMILES string of the molecule is C=CCN(C(=O)[C@@H]1[C@H]2C(=O)N([C@@H](CO)Cc3ccccc3)C(C(=O)N(CC=C)C(C)CCC)C23CC[C@H]1S3)c1ccc(OCC)cc1. The van der Waals surface area contributed by atoms with Crippen LogP contribution in [-0.2, 0) is 20.8 Å². The van der Waals surface area contributed by atoms with E-state index in [0.717, 1.165) is 30.6 Å². The summed E-state index contributed by atoms with van der Waals surface area (Å²) in [6.45, 7) is 14.8. The number of hydrogen-bond donors (Lipinski definition) is 1. The molecule has 2 bridgehead atoms. The van der Waals surface area contributed by atoms with Gasteiger partial charge in [-0.05, 0) is 69.4 Å². The van der Waals surface area contributed by atoms with Crippen molar-refractivity contribution in [3.63, 3.8) is 0 Å². The first kappa shape index (κ1) is 34.8. The van der Waals surface area contributed by atoms with Crippen molar-refractivity contribution < 1.29 is 24.2 Å². The molecule has 1 spiro atoms. The van der Waals surface area contributed by atoms with Gasteiger partial charge in [0.1, 0.15) is 11.8 Å². The van der Waals surface area contributed by atoms with E-state index in [4.69, 9.17) is 4.74 Å². The fourth-order valence-corrected chi connectivity index (χ4v) is 10.3. The van der Waals surface area contributed by atoms with Crippen LogP contribution >= 0.6 is 11.8 Å². The van der Waals surface area contributed by atoms with E-state index in [-0.39, 0.29) is 42.2 Å². The lowest BCUT2D eigenvalue weighted by atomic mass is 9.70. The molecular formula is C38H49N3O5S. The summed E-state index contributed by atoms with van der Waals surface area (Å²) in [6.07, 6.45) is 6.97. The minimum Gasteiger partial charge on any atom is -0.494 e. The Hall–Kier alpha value is -3.56. The van der Waals surface area contributed by atoms with Gasteiger partial charge in [-0.25, -0.2) is 0 Å². The molecule has 0 aromatic heterocycles. The van der Waals surface area contributed by atoms with Gasteiger partial charge in [0.15, 0.2) is 0 Å². The standard InChI is InChI=1S/C38H49N3O5S/c1-6-13-26(5)39(22-7-2)37(45)34-38-21-20-31(47-38)32(35(43)40(23-8-3)28-16-18-30(19-17-28)46-9-4)33(38)36(44)41(34)29(25-42)24-27-14-11-10-12-15-27/h7-8,10-12,14-19,26,29,31-34,42H,2-3,6,9,13,20-25H2,1,4-5H3/t26?,29-,31-,32+,33+,34?,38?/m1/s1. The second-order valence-electron chi connectivity index (χ2n) is 12.9. The number of ether oxygens (including phenoxy) is 1. The number of likely N-dealkylation sites (tertiary alicyclic amines) is 1. The number of carbonyl (C=O) groups is 3. The van der Waals surface area contributed by atoms with Crippen LogP contribution in [0.2, 0.25) is 0 Å². The monoisotopic (exact) mass is 659 g/mol. The number of aliphatic hydroxyl groups is 1. The molecule has 3 saturated heterocycles. The average molecular weight is 660 g/mol. The van der Waals surface area contributed by atoms with Gasteiger partial charge < -0.3 is 24.5 Å². The second-order valence-corrected chi connectivity index (χ2v) is 14.5. The lowest BCUT2D eigenvalue weighted by molar-refractivity contribution is -0.146. The highest BCUT2D eigenvalue weighted by atomic mass is 32.2. The van der Waals surface area contributed by atoms with Crippen molar-refractivity contribution in [2.24, 2.45) is 11.8 Å². The highest BCUT2D eigenvalue weighted by molar-refractivity contribution is 8.02. The van der Waals surface area contributed by atoms with Crippen molar-refractivity contribution in [2.45, 2.75) is 81.0 Å². The summed E-state index contributed by atoms with van der Waals surface area (Å²) in [6, 6.07) is 15.7. The molecule has 2 aromatic rings. The van der Waals surface area contributed by atoms with Gasteiger partial charge in [0.25, 0.3) is 0 Å². The predicted octanol–water partition coefficient (Wildman–Crippen LogP) is 5.50. The molecule has 9 heteroatoms. The zero-order chi connectivity index (χ0) is 33.7. The Morgan fingerprint density at radius 1 is 1.09 bits per heavy atom.